The average Bonchev–Trinajstić information content (AvgIpc) is 4.21. The molecule has 0 fully saturated rings. The summed E-state index contributed by atoms with van der Waals surface area (Å²) >= 11 is 3.76. The van der Waals surface area contributed by atoms with Crippen molar-refractivity contribution in [2.75, 3.05) is 0 Å². The molecular formula is C62H42O2S2. The molecule has 2 aliphatic carbocycles. The van der Waals surface area contributed by atoms with E-state index >= 15 is 0 Å². The van der Waals surface area contributed by atoms with Crippen molar-refractivity contribution < 1.29 is 8.83 Å². The second-order valence-electron chi connectivity index (χ2n) is 19.2. The normalized spacial score (nSPS) is 14.3. The Morgan fingerprint density at radius 2 is 0.667 bits per heavy atom. The predicted octanol–water partition coefficient (Wildman–Crippen LogP) is 18.6. The van der Waals surface area contributed by atoms with Crippen molar-refractivity contribution in [3.05, 3.63) is 204 Å². The van der Waals surface area contributed by atoms with E-state index in [0.29, 0.717) is 0 Å². The van der Waals surface area contributed by atoms with Crippen LogP contribution in [0.2, 0.25) is 0 Å². The summed E-state index contributed by atoms with van der Waals surface area (Å²) in [6.07, 6.45) is 0. The molecule has 12 aromatic rings. The highest BCUT2D eigenvalue weighted by Crippen LogP contribution is 2.54. The van der Waals surface area contributed by atoms with Crippen molar-refractivity contribution >= 4 is 66.6 Å². The number of fused-ring (bicyclic) bond motifs is 12. The van der Waals surface area contributed by atoms with E-state index in [0.717, 1.165) is 33.1 Å². The van der Waals surface area contributed by atoms with Crippen molar-refractivity contribution in [2.45, 2.75) is 38.5 Å². The van der Waals surface area contributed by atoms with Gasteiger partial charge in [0.1, 0.15) is 22.3 Å². The molecule has 2 nitrogen and oxygen atoms in total. The number of benzene rings is 8. The smallest absolute Gasteiger partial charge is 0.136 e. The van der Waals surface area contributed by atoms with Gasteiger partial charge in [-0.2, -0.15) is 0 Å². The largest absolute Gasteiger partial charge is 0.456 e. The molecule has 0 spiro atoms. The Kier molecular flexibility index (Phi) is 7.87. The zero-order chi connectivity index (χ0) is 44.1. The maximum absolute atomic E-state index is 6.50. The second kappa shape index (κ2) is 13.6. The summed E-state index contributed by atoms with van der Waals surface area (Å²) in [6, 6.07) is 67.0. The summed E-state index contributed by atoms with van der Waals surface area (Å²) in [6.45, 7) is 9.49. The monoisotopic (exact) mass is 882 g/mol. The zero-order valence-corrected chi connectivity index (χ0v) is 38.6. The number of hydrogen-bond acceptors (Lipinski definition) is 4. The maximum atomic E-state index is 6.50. The fourth-order valence-electron chi connectivity index (χ4n) is 11.2. The lowest BCUT2D eigenvalue weighted by Crippen LogP contribution is -2.15. The van der Waals surface area contributed by atoms with E-state index < -0.39 is 0 Å². The highest BCUT2D eigenvalue weighted by atomic mass is 32.1. The molecule has 4 aromatic heterocycles. The molecule has 0 bridgehead atoms. The third kappa shape index (κ3) is 5.52. The van der Waals surface area contributed by atoms with Crippen molar-refractivity contribution in [3.63, 3.8) is 0 Å². The Bertz CT molecular complexity index is 3720. The van der Waals surface area contributed by atoms with E-state index in [-0.39, 0.29) is 10.8 Å². The third-order valence-electron chi connectivity index (χ3n) is 14.8. The van der Waals surface area contributed by atoms with Gasteiger partial charge in [-0.15, -0.1) is 22.7 Å². The van der Waals surface area contributed by atoms with Crippen LogP contribution in [0, 0.1) is 0 Å². The molecule has 2 aliphatic rings. The predicted molar refractivity (Wildman–Crippen MR) is 279 cm³/mol. The van der Waals surface area contributed by atoms with Crippen molar-refractivity contribution in [2.24, 2.45) is 0 Å². The molecule has 0 aliphatic heterocycles. The Morgan fingerprint density at radius 3 is 1.11 bits per heavy atom. The van der Waals surface area contributed by atoms with Gasteiger partial charge in [0.25, 0.3) is 0 Å². The van der Waals surface area contributed by atoms with Gasteiger partial charge in [-0.25, -0.2) is 0 Å². The molecule has 0 saturated carbocycles. The summed E-state index contributed by atoms with van der Waals surface area (Å²) in [5.74, 6) is 0. The van der Waals surface area contributed by atoms with Gasteiger partial charge < -0.3 is 8.83 Å². The molecule has 0 radical (unpaired) electrons. The number of thiophene rings is 2. The first-order valence-corrected chi connectivity index (χ1v) is 24.4. The van der Waals surface area contributed by atoms with Crippen LogP contribution in [0.4, 0.5) is 0 Å². The summed E-state index contributed by atoms with van der Waals surface area (Å²) in [5, 5.41) is 4.69. The van der Waals surface area contributed by atoms with Crippen LogP contribution in [0.1, 0.15) is 49.9 Å². The minimum absolute atomic E-state index is 0.157. The van der Waals surface area contributed by atoms with Gasteiger partial charge >= 0.3 is 0 Å². The van der Waals surface area contributed by atoms with E-state index in [1.54, 1.807) is 0 Å². The Balaban J connectivity index is 0.756. The number of furan rings is 2. The average molecular weight is 883 g/mol. The van der Waals surface area contributed by atoms with E-state index in [9.17, 15) is 0 Å². The first-order chi connectivity index (χ1) is 32.2. The molecular weight excluding hydrogens is 841 g/mol. The van der Waals surface area contributed by atoms with Crippen molar-refractivity contribution in [1.82, 2.24) is 0 Å². The standard InChI is InChI=1S/C62H42O2S2/c1-61(2)49-29-39(15-19-41(49)43-33-55-47(31-51(43)61)45-27-37(17-21-53(45)63-55)35-11-7-5-8-12-35)57-23-25-59(65-57)60-26-24-58(66-60)40-16-20-42-44-34-56-48(32-52(44)62(3,4)50(42)30-40)46-28-38(18-22-54(46)64-56)36-13-9-6-10-14-36/h5-34H,1-4H3. The van der Waals surface area contributed by atoms with Gasteiger partial charge in [0.15, 0.2) is 0 Å². The van der Waals surface area contributed by atoms with Gasteiger partial charge in [-0.3, -0.25) is 0 Å². The van der Waals surface area contributed by atoms with Crippen molar-refractivity contribution in [1.29, 1.82) is 0 Å². The van der Waals surface area contributed by atoms with Gasteiger partial charge in [0, 0.05) is 51.9 Å². The number of rotatable bonds is 5. The summed E-state index contributed by atoms with van der Waals surface area (Å²) < 4.78 is 13.0. The van der Waals surface area contributed by atoms with Crippen LogP contribution in [0.15, 0.2) is 191 Å². The quantitative estimate of drug-likeness (QED) is 0.172. The zero-order valence-electron chi connectivity index (χ0n) is 37.0. The van der Waals surface area contributed by atoms with Crippen LogP contribution in [0.5, 0.6) is 0 Å². The lowest BCUT2D eigenvalue weighted by atomic mass is 9.81. The van der Waals surface area contributed by atoms with Gasteiger partial charge in [-0.05, 0) is 163 Å². The van der Waals surface area contributed by atoms with Crippen LogP contribution < -0.4 is 0 Å². The second-order valence-corrected chi connectivity index (χ2v) is 21.4. The minimum atomic E-state index is -0.157. The SMILES string of the molecule is CC1(C)c2cc(-c3ccc(-c4ccc(-c5ccc6c(c5)C(C)(C)c5cc7c(cc5-6)oc5ccc(-c6ccccc6)cc57)s4)s3)ccc2-c2cc3oc4ccc(-c5ccccc5)cc4c3cc21. The van der Waals surface area contributed by atoms with E-state index in [1.807, 2.05) is 22.7 Å². The molecule has 0 unspecified atom stereocenters. The Morgan fingerprint density at radius 1 is 0.288 bits per heavy atom. The van der Waals surface area contributed by atoms with Crippen LogP contribution >= 0.6 is 22.7 Å². The fraction of sp³-hybridized carbons (Fsp3) is 0.0968. The molecule has 14 rings (SSSR count). The molecule has 314 valence electrons. The van der Waals surface area contributed by atoms with Crippen LogP contribution in [-0.2, 0) is 10.8 Å². The Labute approximate surface area is 391 Å². The first-order valence-electron chi connectivity index (χ1n) is 22.8. The molecule has 8 aromatic carbocycles. The summed E-state index contributed by atoms with van der Waals surface area (Å²) in [4.78, 5) is 5.17. The van der Waals surface area contributed by atoms with Gasteiger partial charge in [0.2, 0.25) is 0 Å². The third-order valence-corrected chi connectivity index (χ3v) is 17.2. The molecule has 0 N–H and O–H groups in total. The lowest BCUT2D eigenvalue weighted by Gasteiger charge is -2.22. The van der Waals surface area contributed by atoms with E-state index in [2.05, 4.69) is 210 Å². The molecule has 66 heavy (non-hydrogen) atoms. The summed E-state index contributed by atoms with van der Waals surface area (Å²) in [7, 11) is 0. The minimum Gasteiger partial charge on any atom is -0.456 e. The maximum Gasteiger partial charge on any atom is 0.136 e. The molecule has 0 amide bonds. The molecule has 0 atom stereocenters. The topological polar surface area (TPSA) is 26.3 Å². The van der Waals surface area contributed by atoms with Crippen LogP contribution in [-0.4, -0.2) is 0 Å². The highest BCUT2D eigenvalue weighted by Gasteiger charge is 2.38. The molecule has 0 saturated heterocycles. The van der Waals surface area contributed by atoms with E-state index in [4.69, 9.17) is 8.83 Å². The fourth-order valence-corrected chi connectivity index (χ4v) is 13.3. The lowest BCUT2D eigenvalue weighted by molar-refractivity contribution is 0.657. The van der Waals surface area contributed by atoms with Crippen LogP contribution in [0.3, 0.4) is 0 Å². The van der Waals surface area contributed by atoms with Crippen molar-refractivity contribution in [3.8, 4) is 75.1 Å². The van der Waals surface area contributed by atoms with E-state index in [1.165, 1.54) is 108 Å². The molecule has 4 heterocycles. The number of hydrogen-bond donors (Lipinski definition) is 0. The summed E-state index contributed by atoms with van der Waals surface area (Å²) in [5.41, 5.74) is 21.4. The van der Waals surface area contributed by atoms with Crippen LogP contribution in [0.25, 0.3) is 119 Å². The van der Waals surface area contributed by atoms with Gasteiger partial charge in [-0.1, -0.05) is 125 Å². The first kappa shape index (κ1) is 38.1. The highest BCUT2D eigenvalue weighted by molar-refractivity contribution is 7.25. The molecule has 4 heteroatoms. The van der Waals surface area contributed by atoms with Gasteiger partial charge in [0.05, 0.1) is 0 Å². The Hall–Kier alpha value is -7.24.